The van der Waals surface area contributed by atoms with Crippen molar-refractivity contribution >= 4 is 40.2 Å². The first-order valence-corrected chi connectivity index (χ1v) is 6.36. The molecule has 1 aromatic carbocycles. The Labute approximate surface area is 113 Å². The molecule has 0 saturated carbocycles. The summed E-state index contributed by atoms with van der Waals surface area (Å²) >= 11 is 13.3. The number of anilines is 1. The number of hydrogen-bond acceptors (Lipinski definition) is 3. The summed E-state index contributed by atoms with van der Waals surface area (Å²) in [4.78, 5) is 1.43. The van der Waals surface area contributed by atoms with Crippen LogP contribution in [-0.2, 0) is 0 Å². The molecule has 2 aromatic rings. The number of thiophene rings is 1. The minimum Gasteiger partial charge on any atom is -0.397 e. The van der Waals surface area contributed by atoms with Gasteiger partial charge in [-0.05, 0) is 24.6 Å². The Morgan fingerprint density at radius 1 is 1.35 bits per heavy atom. The molecule has 0 radical (unpaired) electrons. The minimum absolute atomic E-state index is 0.517. The number of nitriles is 1. The number of halogens is 2. The Kier molecular flexibility index (Phi) is 3.30. The normalized spacial score (nSPS) is 10.2. The zero-order valence-corrected chi connectivity index (χ0v) is 11.2. The molecule has 0 aliphatic rings. The summed E-state index contributed by atoms with van der Waals surface area (Å²) in [5, 5.41) is 10.1. The zero-order valence-electron chi connectivity index (χ0n) is 8.92. The Balaban J connectivity index is 2.65. The zero-order chi connectivity index (χ0) is 12.6. The maximum Gasteiger partial charge on any atom is 0.128 e. The Bertz CT molecular complexity index is 626. The van der Waals surface area contributed by atoms with Crippen molar-refractivity contribution in [1.29, 1.82) is 5.26 Å². The predicted molar refractivity (Wildman–Crippen MR) is 73.6 cm³/mol. The van der Waals surface area contributed by atoms with Crippen molar-refractivity contribution in [2.75, 3.05) is 5.73 Å². The van der Waals surface area contributed by atoms with Crippen LogP contribution in [0.4, 0.5) is 5.69 Å². The average Bonchev–Trinajstić information content (AvgIpc) is 2.57. The molecule has 0 spiro atoms. The van der Waals surface area contributed by atoms with Gasteiger partial charge in [0.1, 0.15) is 10.9 Å². The Morgan fingerprint density at radius 3 is 2.59 bits per heavy atom. The van der Waals surface area contributed by atoms with Crippen molar-refractivity contribution in [3.05, 3.63) is 38.7 Å². The largest absolute Gasteiger partial charge is 0.397 e. The molecule has 0 atom stereocenters. The van der Waals surface area contributed by atoms with E-state index in [-0.39, 0.29) is 0 Å². The first-order valence-electron chi connectivity index (χ1n) is 4.79. The minimum atomic E-state index is 0.517. The molecule has 0 unspecified atom stereocenters. The van der Waals surface area contributed by atoms with Gasteiger partial charge in [-0.2, -0.15) is 5.26 Å². The molecule has 1 aromatic heterocycles. The summed E-state index contributed by atoms with van der Waals surface area (Å²) in [6, 6.07) is 7.37. The fraction of sp³-hybridized carbons (Fsp3) is 0.0833. The van der Waals surface area contributed by atoms with Crippen LogP contribution in [0.5, 0.6) is 0 Å². The summed E-state index contributed by atoms with van der Waals surface area (Å²) in [5.74, 6) is 0. The topological polar surface area (TPSA) is 49.8 Å². The smallest absolute Gasteiger partial charge is 0.128 e. The monoisotopic (exact) mass is 282 g/mol. The van der Waals surface area contributed by atoms with Crippen molar-refractivity contribution in [1.82, 2.24) is 0 Å². The third-order valence-electron chi connectivity index (χ3n) is 2.47. The second-order valence-electron chi connectivity index (χ2n) is 3.53. The van der Waals surface area contributed by atoms with Crippen molar-refractivity contribution in [3.63, 3.8) is 0 Å². The highest BCUT2D eigenvalue weighted by Gasteiger charge is 2.15. The van der Waals surface area contributed by atoms with Gasteiger partial charge in [-0.1, -0.05) is 29.3 Å². The van der Waals surface area contributed by atoms with Gasteiger partial charge in [0.05, 0.1) is 10.7 Å². The first kappa shape index (κ1) is 12.3. The van der Waals surface area contributed by atoms with E-state index in [9.17, 15) is 0 Å². The predicted octanol–water partition coefficient (Wildman–Crippen LogP) is 4.48. The van der Waals surface area contributed by atoms with Crippen molar-refractivity contribution in [2.45, 2.75) is 6.92 Å². The third-order valence-corrected chi connectivity index (χ3v) is 4.26. The van der Waals surface area contributed by atoms with Crippen molar-refractivity contribution in [2.24, 2.45) is 0 Å². The highest BCUT2D eigenvalue weighted by atomic mass is 35.5. The second kappa shape index (κ2) is 4.58. The summed E-state index contributed by atoms with van der Waals surface area (Å²) in [7, 11) is 0. The number of benzene rings is 1. The van der Waals surface area contributed by atoms with Gasteiger partial charge >= 0.3 is 0 Å². The van der Waals surface area contributed by atoms with Gasteiger partial charge in [-0.3, -0.25) is 0 Å². The van der Waals surface area contributed by atoms with Gasteiger partial charge in [0.25, 0.3) is 0 Å². The molecular weight excluding hydrogens is 275 g/mol. The Hall–Kier alpha value is -1.21. The molecule has 0 bridgehead atoms. The number of nitrogens with two attached hydrogens (primary N) is 1. The molecule has 0 saturated heterocycles. The van der Waals surface area contributed by atoms with Crippen molar-refractivity contribution in [3.8, 4) is 16.5 Å². The number of rotatable bonds is 1. The fourth-order valence-electron chi connectivity index (χ4n) is 1.54. The fourth-order valence-corrected chi connectivity index (χ4v) is 3.16. The highest BCUT2D eigenvalue weighted by molar-refractivity contribution is 7.16. The van der Waals surface area contributed by atoms with Crippen LogP contribution in [0.3, 0.4) is 0 Å². The lowest BCUT2D eigenvalue weighted by molar-refractivity contribution is 1.49. The summed E-state index contributed by atoms with van der Waals surface area (Å²) in [6.45, 7) is 1.88. The van der Waals surface area contributed by atoms with Gasteiger partial charge < -0.3 is 5.73 Å². The average molecular weight is 283 g/mol. The lowest BCUT2D eigenvalue weighted by Crippen LogP contribution is -1.87. The molecule has 2 nitrogen and oxygen atoms in total. The van der Waals surface area contributed by atoms with Gasteiger partial charge in [0, 0.05) is 15.5 Å². The number of hydrogen-bond donors (Lipinski definition) is 1. The van der Waals surface area contributed by atoms with Crippen LogP contribution in [0.2, 0.25) is 10.0 Å². The van der Waals surface area contributed by atoms with E-state index in [2.05, 4.69) is 6.07 Å². The summed E-state index contributed by atoms with van der Waals surface area (Å²) < 4.78 is 0. The molecule has 1 heterocycles. The first-order chi connectivity index (χ1) is 8.04. The van der Waals surface area contributed by atoms with Gasteiger partial charge in [-0.15, -0.1) is 11.3 Å². The quantitative estimate of drug-likeness (QED) is 0.838. The lowest BCUT2D eigenvalue weighted by atomic mass is 10.1. The molecule has 0 aliphatic carbocycles. The number of nitrogen functional groups attached to an aromatic ring is 1. The maximum atomic E-state index is 8.94. The number of nitrogens with zero attached hydrogens (tertiary/aromatic N) is 1. The molecule has 86 valence electrons. The van der Waals surface area contributed by atoms with E-state index in [0.717, 1.165) is 16.0 Å². The summed E-state index contributed by atoms with van der Waals surface area (Å²) in [6.07, 6.45) is 0. The van der Waals surface area contributed by atoms with Crippen LogP contribution in [0.25, 0.3) is 10.4 Å². The van der Waals surface area contributed by atoms with Gasteiger partial charge in [-0.25, -0.2) is 0 Å². The molecule has 0 aliphatic heterocycles. The summed E-state index contributed by atoms with van der Waals surface area (Å²) in [5.41, 5.74) is 8.11. The van der Waals surface area contributed by atoms with Gasteiger partial charge in [0.2, 0.25) is 0 Å². The molecule has 5 heteroatoms. The molecule has 0 fully saturated rings. The van der Waals surface area contributed by atoms with E-state index < -0.39 is 0 Å². The van der Waals surface area contributed by atoms with E-state index in [1.54, 1.807) is 12.1 Å². The van der Waals surface area contributed by atoms with Crippen LogP contribution in [0, 0.1) is 18.3 Å². The van der Waals surface area contributed by atoms with Crippen LogP contribution >= 0.6 is 34.5 Å². The lowest BCUT2D eigenvalue weighted by Gasteiger charge is -2.03. The second-order valence-corrected chi connectivity index (χ2v) is 5.40. The highest BCUT2D eigenvalue weighted by Crippen LogP contribution is 2.41. The van der Waals surface area contributed by atoms with E-state index in [1.165, 1.54) is 11.3 Å². The SMILES string of the molecule is Cc1c(-c2ccc(Cl)cc2Cl)sc(C#N)c1N. The molecular formula is C12H8Cl2N2S. The van der Waals surface area contributed by atoms with Crippen LogP contribution < -0.4 is 5.73 Å². The van der Waals surface area contributed by atoms with Crippen LogP contribution in [0.1, 0.15) is 10.4 Å². The van der Waals surface area contributed by atoms with E-state index in [4.69, 9.17) is 34.2 Å². The molecule has 0 amide bonds. The third kappa shape index (κ3) is 2.12. The van der Waals surface area contributed by atoms with Crippen LogP contribution in [-0.4, -0.2) is 0 Å². The standard InChI is InChI=1S/C12H8Cl2N2S/c1-6-11(16)10(5-15)17-12(6)8-3-2-7(13)4-9(8)14/h2-4H,16H2,1H3. The Morgan fingerprint density at radius 2 is 2.06 bits per heavy atom. The molecule has 17 heavy (non-hydrogen) atoms. The van der Waals surface area contributed by atoms with Crippen molar-refractivity contribution < 1.29 is 0 Å². The molecule has 2 N–H and O–H groups in total. The molecule has 2 rings (SSSR count). The van der Waals surface area contributed by atoms with Crippen LogP contribution in [0.15, 0.2) is 18.2 Å². The van der Waals surface area contributed by atoms with E-state index in [1.807, 2.05) is 13.0 Å². The van der Waals surface area contributed by atoms with E-state index in [0.29, 0.717) is 20.6 Å². The van der Waals surface area contributed by atoms with Gasteiger partial charge in [0.15, 0.2) is 0 Å². The van der Waals surface area contributed by atoms with E-state index >= 15 is 0 Å². The maximum absolute atomic E-state index is 8.94.